The number of nitriles is 1. The van der Waals surface area contributed by atoms with Gasteiger partial charge in [0.1, 0.15) is 0 Å². The predicted octanol–water partition coefficient (Wildman–Crippen LogP) is 3.48. The first-order valence-electron chi connectivity index (χ1n) is 5.34. The van der Waals surface area contributed by atoms with Crippen LogP contribution >= 0.6 is 0 Å². The molecule has 0 aliphatic rings. The van der Waals surface area contributed by atoms with E-state index in [0.717, 1.165) is 18.4 Å². The quantitative estimate of drug-likeness (QED) is 0.713. The molecule has 0 aliphatic heterocycles. The van der Waals surface area contributed by atoms with Crippen LogP contribution in [-0.2, 0) is 6.54 Å². The molecular formula is C14H14N2. The molecule has 1 aromatic carbocycles. The van der Waals surface area contributed by atoms with Gasteiger partial charge in [-0.15, -0.1) is 6.58 Å². The van der Waals surface area contributed by atoms with Crippen LogP contribution in [0.5, 0.6) is 0 Å². The number of aromatic nitrogens is 1. The molecule has 0 spiro atoms. The van der Waals surface area contributed by atoms with Gasteiger partial charge < -0.3 is 4.57 Å². The molecule has 0 saturated heterocycles. The van der Waals surface area contributed by atoms with Gasteiger partial charge in [-0.2, -0.15) is 5.26 Å². The van der Waals surface area contributed by atoms with E-state index in [0.29, 0.717) is 5.56 Å². The van der Waals surface area contributed by atoms with Gasteiger partial charge in [-0.05, 0) is 37.6 Å². The standard InChI is InChI=1S/C14H14N2/c1-11(2)5-7-16-8-6-13-9-12(10-15)3-4-14(13)16/h3-4,6,8-9H,1,5,7H2,2H3. The number of aryl methyl sites for hydroxylation is 1. The maximum Gasteiger partial charge on any atom is 0.0991 e. The number of allylic oxidation sites excluding steroid dienone is 1. The number of fused-ring (bicyclic) bond motifs is 1. The van der Waals surface area contributed by atoms with Gasteiger partial charge in [-0.25, -0.2) is 0 Å². The highest BCUT2D eigenvalue weighted by Crippen LogP contribution is 2.18. The average Bonchev–Trinajstić information content (AvgIpc) is 2.68. The molecule has 0 N–H and O–H groups in total. The van der Waals surface area contributed by atoms with Crippen LogP contribution in [0.2, 0.25) is 0 Å². The number of rotatable bonds is 3. The summed E-state index contributed by atoms with van der Waals surface area (Å²) in [6.07, 6.45) is 3.05. The van der Waals surface area contributed by atoms with E-state index in [1.165, 1.54) is 11.1 Å². The fourth-order valence-electron chi connectivity index (χ4n) is 1.78. The molecule has 2 heteroatoms. The van der Waals surface area contributed by atoms with Crippen LogP contribution < -0.4 is 0 Å². The second kappa shape index (κ2) is 4.24. The lowest BCUT2D eigenvalue weighted by Crippen LogP contribution is -1.95. The van der Waals surface area contributed by atoms with Crippen molar-refractivity contribution in [3.63, 3.8) is 0 Å². The lowest BCUT2D eigenvalue weighted by Gasteiger charge is -2.04. The van der Waals surface area contributed by atoms with Crippen molar-refractivity contribution >= 4 is 10.9 Å². The molecule has 16 heavy (non-hydrogen) atoms. The molecule has 0 fully saturated rings. The molecule has 2 aromatic rings. The van der Waals surface area contributed by atoms with Gasteiger partial charge in [0.15, 0.2) is 0 Å². The summed E-state index contributed by atoms with van der Waals surface area (Å²) in [5, 5.41) is 9.94. The third-order valence-electron chi connectivity index (χ3n) is 2.68. The lowest BCUT2D eigenvalue weighted by atomic mass is 10.2. The van der Waals surface area contributed by atoms with Crippen molar-refractivity contribution in [2.45, 2.75) is 19.9 Å². The van der Waals surface area contributed by atoms with Crippen molar-refractivity contribution in [3.05, 3.63) is 48.2 Å². The molecule has 0 aliphatic carbocycles. The monoisotopic (exact) mass is 210 g/mol. The summed E-state index contributed by atoms with van der Waals surface area (Å²) in [6, 6.07) is 10.00. The topological polar surface area (TPSA) is 28.7 Å². The van der Waals surface area contributed by atoms with Crippen molar-refractivity contribution in [2.24, 2.45) is 0 Å². The van der Waals surface area contributed by atoms with E-state index in [9.17, 15) is 0 Å². The fourth-order valence-corrected chi connectivity index (χ4v) is 1.78. The van der Waals surface area contributed by atoms with E-state index in [1.54, 1.807) is 0 Å². The minimum atomic E-state index is 0.713. The second-order valence-corrected chi connectivity index (χ2v) is 4.10. The Bertz CT molecular complexity index is 570. The summed E-state index contributed by atoms with van der Waals surface area (Å²) in [5.41, 5.74) is 3.08. The molecule has 0 atom stereocenters. The zero-order chi connectivity index (χ0) is 11.5. The summed E-state index contributed by atoms with van der Waals surface area (Å²) < 4.78 is 2.20. The van der Waals surface area contributed by atoms with Crippen LogP contribution in [0, 0.1) is 11.3 Å². The molecule has 0 bridgehead atoms. The Labute approximate surface area is 95.4 Å². The van der Waals surface area contributed by atoms with Gasteiger partial charge in [0.2, 0.25) is 0 Å². The highest BCUT2D eigenvalue weighted by molar-refractivity contribution is 5.81. The van der Waals surface area contributed by atoms with E-state index in [4.69, 9.17) is 5.26 Å². The zero-order valence-corrected chi connectivity index (χ0v) is 9.40. The van der Waals surface area contributed by atoms with Crippen LogP contribution in [-0.4, -0.2) is 4.57 Å². The van der Waals surface area contributed by atoms with Crippen molar-refractivity contribution in [2.75, 3.05) is 0 Å². The van der Waals surface area contributed by atoms with Gasteiger partial charge in [0.05, 0.1) is 11.6 Å². The zero-order valence-electron chi connectivity index (χ0n) is 9.40. The first-order chi connectivity index (χ1) is 7.70. The van der Waals surface area contributed by atoms with Crippen LogP contribution in [0.25, 0.3) is 10.9 Å². The highest BCUT2D eigenvalue weighted by atomic mass is 14.9. The van der Waals surface area contributed by atoms with Crippen molar-refractivity contribution < 1.29 is 0 Å². The van der Waals surface area contributed by atoms with E-state index in [-0.39, 0.29) is 0 Å². The predicted molar refractivity (Wildman–Crippen MR) is 66.1 cm³/mol. The molecule has 0 unspecified atom stereocenters. The van der Waals surface area contributed by atoms with Crippen LogP contribution in [0.3, 0.4) is 0 Å². The minimum Gasteiger partial charge on any atom is -0.347 e. The van der Waals surface area contributed by atoms with Crippen LogP contribution in [0.15, 0.2) is 42.6 Å². The Kier molecular flexibility index (Phi) is 2.78. The maximum absolute atomic E-state index is 8.81. The summed E-state index contributed by atoms with van der Waals surface area (Å²) >= 11 is 0. The van der Waals surface area contributed by atoms with Crippen molar-refractivity contribution in [3.8, 4) is 6.07 Å². The summed E-state index contributed by atoms with van der Waals surface area (Å²) in [5.74, 6) is 0. The summed E-state index contributed by atoms with van der Waals surface area (Å²) in [7, 11) is 0. The first kappa shape index (κ1) is 10.5. The van der Waals surface area contributed by atoms with Gasteiger partial charge in [-0.3, -0.25) is 0 Å². The normalized spacial score (nSPS) is 10.2. The number of benzene rings is 1. The maximum atomic E-state index is 8.81. The van der Waals surface area contributed by atoms with Crippen LogP contribution in [0.1, 0.15) is 18.9 Å². The molecule has 0 amide bonds. The average molecular weight is 210 g/mol. The van der Waals surface area contributed by atoms with Crippen LogP contribution in [0.4, 0.5) is 0 Å². The molecule has 2 nitrogen and oxygen atoms in total. The number of hydrogen-bond acceptors (Lipinski definition) is 1. The fraction of sp³-hybridized carbons (Fsp3) is 0.214. The lowest BCUT2D eigenvalue weighted by molar-refractivity contribution is 0.719. The van der Waals surface area contributed by atoms with Gasteiger partial charge in [-0.1, -0.05) is 5.57 Å². The third-order valence-corrected chi connectivity index (χ3v) is 2.68. The highest BCUT2D eigenvalue weighted by Gasteiger charge is 2.01. The van der Waals surface area contributed by atoms with Gasteiger partial charge >= 0.3 is 0 Å². The molecule has 0 saturated carbocycles. The van der Waals surface area contributed by atoms with Crippen molar-refractivity contribution in [1.82, 2.24) is 4.57 Å². The second-order valence-electron chi connectivity index (χ2n) is 4.10. The molecular weight excluding hydrogens is 196 g/mol. The molecule has 1 heterocycles. The SMILES string of the molecule is C=C(C)CCn1ccc2cc(C#N)ccc21. The Hall–Kier alpha value is -2.01. The Morgan fingerprint density at radius 3 is 2.94 bits per heavy atom. The van der Waals surface area contributed by atoms with E-state index in [1.807, 2.05) is 25.1 Å². The minimum absolute atomic E-state index is 0.713. The molecule has 1 aromatic heterocycles. The Morgan fingerprint density at radius 2 is 2.25 bits per heavy atom. The van der Waals surface area contributed by atoms with E-state index in [2.05, 4.69) is 29.5 Å². The Balaban J connectivity index is 2.35. The number of hydrogen-bond donors (Lipinski definition) is 0. The molecule has 0 radical (unpaired) electrons. The number of nitrogens with zero attached hydrogens (tertiary/aromatic N) is 2. The largest absolute Gasteiger partial charge is 0.347 e. The van der Waals surface area contributed by atoms with Crippen molar-refractivity contribution in [1.29, 1.82) is 5.26 Å². The Morgan fingerprint density at radius 1 is 1.44 bits per heavy atom. The van der Waals surface area contributed by atoms with E-state index >= 15 is 0 Å². The van der Waals surface area contributed by atoms with Gasteiger partial charge in [0.25, 0.3) is 0 Å². The molecule has 80 valence electrons. The molecule has 2 rings (SSSR count). The third kappa shape index (κ3) is 1.99. The smallest absolute Gasteiger partial charge is 0.0991 e. The van der Waals surface area contributed by atoms with E-state index < -0.39 is 0 Å². The van der Waals surface area contributed by atoms with Gasteiger partial charge in [0, 0.05) is 23.6 Å². The summed E-state index contributed by atoms with van der Waals surface area (Å²) in [4.78, 5) is 0. The first-order valence-corrected chi connectivity index (χ1v) is 5.34. The summed E-state index contributed by atoms with van der Waals surface area (Å²) in [6.45, 7) is 6.90.